The fourth-order valence-electron chi connectivity index (χ4n) is 1.01. The van der Waals surface area contributed by atoms with Crippen LogP contribution in [0.5, 0.6) is 5.75 Å². The molecule has 0 atom stereocenters. The SMILES string of the molecule is CC(=O)Nc1ccc(O)cc1C(=O)O. The highest BCUT2D eigenvalue weighted by Crippen LogP contribution is 2.21. The number of carbonyl (C=O) groups is 2. The molecule has 0 bridgehead atoms. The number of amides is 1. The number of hydrogen-bond acceptors (Lipinski definition) is 3. The van der Waals surface area contributed by atoms with E-state index in [0.29, 0.717) is 0 Å². The number of carboxylic acids is 1. The van der Waals surface area contributed by atoms with E-state index in [0.717, 1.165) is 6.07 Å². The summed E-state index contributed by atoms with van der Waals surface area (Å²) in [6.45, 7) is 1.28. The zero-order chi connectivity index (χ0) is 10.7. The topological polar surface area (TPSA) is 86.6 Å². The van der Waals surface area contributed by atoms with Gasteiger partial charge in [-0.2, -0.15) is 0 Å². The molecule has 0 unspecified atom stereocenters. The van der Waals surface area contributed by atoms with E-state index in [9.17, 15) is 9.59 Å². The Kier molecular flexibility index (Phi) is 2.71. The van der Waals surface area contributed by atoms with Crippen molar-refractivity contribution in [2.45, 2.75) is 6.92 Å². The number of phenols is 1. The summed E-state index contributed by atoms with van der Waals surface area (Å²) in [5.41, 5.74) is 0.0306. The first-order valence-corrected chi connectivity index (χ1v) is 3.84. The molecule has 1 amide bonds. The number of phenolic OH excluding ortho intramolecular Hbond substituents is 1. The molecule has 0 aliphatic rings. The maximum Gasteiger partial charge on any atom is 0.337 e. The molecule has 0 saturated heterocycles. The van der Waals surface area contributed by atoms with Crippen molar-refractivity contribution < 1.29 is 19.8 Å². The lowest BCUT2D eigenvalue weighted by Crippen LogP contribution is -2.10. The van der Waals surface area contributed by atoms with Crippen LogP contribution < -0.4 is 5.32 Å². The molecular weight excluding hydrogens is 186 g/mol. The largest absolute Gasteiger partial charge is 0.508 e. The first kappa shape index (κ1) is 10.0. The number of hydrogen-bond donors (Lipinski definition) is 3. The predicted octanol–water partition coefficient (Wildman–Crippen LogP) is 1.05. The molecule has 0 spiro atoms. The number of benzene rings is 1. The fraction of sp³-hybridized carbons (Fsp3) is 0.111. The summed E-state index contributed by atoms with van der Waals surface area (Å²) in [6.07, 6.45) is 0. The van der Waals surface area contributed by atoms with Crippen LogP contribution in [0.3, 0.4) is 0 Å². The summed E-state index contributed by atoms with van der Waals surface area (Å²) in [7, 11) is 0. The molecule has 1 aromatic rings. The standard InChI is InChI=1S/C9H9NO4/c1-5(11)10-8-3-2-6(12)4-7(8)9(13)14/h2-4,12H,1H3,(H,10,11)(H,13,14). The lowest BCUT2D eigenvalue weighted by Gasteiger charge is -2.06. The maximum atomic E-state index is 10.7. The van der Waals surface area contributed by atoms with Gasteiger partial charge < -0.3 is 15.5 Å². The summed E-state index contributed by atoms with van der Waals surface area (Å²) in [5.74, 6) is -1.72. The summed E-state index contributed by atoms with van der Waals surface area (Å²) in [4.78, 5) is 21.4. The molecular formula is C9H9NO4. The normalized spacial score (nSPS) is 9.50. The Hall–Kier alpha value is -2.04. The molecule has 0 fully saturated rings. The third-order valence-electron chi connectivity index (χ3n) is 1.54. The third kappa shape index (κ3) is 2.22. The summed E-state index contributed by atoms with van der Waals surface area (Å²) < 4.78 is 0. The number of aromatic carboxylic acids is 1. The Labute approximate surface area is 80.0 Å². The quantitative estimate of drug-likeness (QED) is 0.615. The minimum absolute atomic E-state index is 0.139. The van der Waals surface area contributed by atoms with E-state index in [1.165, 1.54) is 19.1 Å². The Morgan fingerprint density at radius 2 is 2.00 bits per heavy atom. The van der Waals surface area contributed by atoms with Gasteiger partial charge in [-0.1, -0.05) is 0 Å². The lowest BCUT2D eigenvalue weighted by molar-refractivity contribution is -0.114. The molecule has 14 heavy (non-hydrogen) atoms. The average molecular weight is 195 g/mol. The molecule has 5 heteroatoms. The molecule has 1 aromatic carbocycles. The van der Waals surface area contributed by atoms with E-state index in [1.807, 2.05) is 0 Å². The molecule has 0 radical (unpaired) electrons. The van der Waals surface area contributed by atoms with Crippen LogP contribution in [0.1, 0.15) is 17.3 Å². The minimum Gasteiger partial charge on any atom is -0.508 e. The second-order valence-electron chi connectivity index (χ2n) is 2.72. The highest BCUT2D eigenvalue weighted by molar-refractivity contribution is 6.00. The Morgan fingerprint density at radius 3 is 2.50 bits per heavy atom. The van der Waals surface area contributed by atoms with Crippen molar-refractivity contribution in [3.63, 3.8) is 0 Å². The predicted molar refractivity (Wildman–Crippen MR) is 49.4 cm³/mol. The van der Waals surface area contributed by atoms with Crippen molar-refractivity contribution in [2.75, 3.05) is 5.32 Å². The van der Waals surface area contributed by atoms with Gasteiger partial charge in [-0.25, -0.2) is 4.79 Å². The zero-order valence-electron chi connectivity index (χ0n) is 7.44. The van der Waals surface area contributed by atoms with Gasteiger partial charge in [0.15, 0.2) is 0 Å². The van der Waals surface area contributed by atoms with Gasteiger partial charge in [-0.15, -0.1) is 0 Å². The van der Waals surface area contributed by atoms with Crippen LogP contribution in [0.15, 0.2) is 18.2 Å². The minimum atomic E-state index is -1.20. The van der Waals surface area contributed by atoms with E-state index in [-0.39, 0.29) is 22.9 Å². The van der Waals surface area contributed by atoms with Crippen LogP contribution in [-0.2, 0) is 4.79 Å². The second kappa shape index (κ2) is 3.78. The first-order chi connectivity index (χ1) is 6.50. The number of carboxylic acid groups (broad SMARTS) is 1. The van der Waals surface area contributed by atoms with E-state index in [2.05, 4.69) is 5.32 Å². The molecule has 5 nitrogen and oxygen atoms in total. The molecule has 74 valence electrons. The van der Waals surface area contributed by atoms with Gasteiger partial charge in [-0.3, -0.25) is 4.79 Å². The van der Waals surface area contributed by atoms with Crippen molar-refractivity contribution in [1.29, 1.82) is 0 Å². The summed E-state index contributed by atoms with van der Waals surface area (Å²) in [6, 6.07) is 3.71. The van der Waals surface area contributed by atoms with E-state index >= 15 is 0 Å². The Balaban J connectivity index is 3.14. The van der Waals surface area contributed by atoms with E-state index in [1.54, 1.807) is 0 Å². The maximum absolute atomic E-state index is 10.7. The van der Waals surface area contributed by atoms with Crippen LogP contribution in [0.4, 0.5) is 5.69 Å². The number of nitrogens with one attached hydrogen (secondary N) is 1. The molecule has 3 N–H and O–H groups in total. The monoisotopic (exact) mass is 195 g/mol. The van der Waals surface area contributed by atoms with Crippen molar-refractivity contribution >= 4 is 17.6 Å². The molecule has 0 heterocycles. The molecule has 0 saturated carbocycles. The van der Waals surface area contributed by atoms with Gasteiger partial charge in [0.1, 0.15) is 5.75 Å². The van der Waals surface area contributed by atoms with Crippen molar-refractivity contribution in [1.82, 2.24) is 0 Å². The highest BCUT2D eigenvalue weighted by atomic mass is 16.4. The number of anilines is 1. The number of carbonyl (C=O) groups excluding carboxylic acids is 1. The number of rotatable bonds is 2. The first-order valence-electron chi connectivity index (χ1n) is 3.84. The molecule has 0 aromatic heterocycles. The van der Waals surface area contributed by atoms with E-state index in [4.69, 9.17) is 10.2 Å². The van der Waals surface area contributed by atoms with Gasteiger partial charge in [0.2, 0.25) is 5.91 Å². The smallest absolute Gasteiger partial charge is 0.337 e. The molecule has 1 rings (SSSR count). The van der Waals surface area contributed by atoms with Crippen molar-refractivity contribution in [3.8, 4) is 5.75 Å². The van der Waals surface area contributed by atoms with Crippen LogP contribution in [0, 0.1) is 0 Å². The summed E-state index contributed by atoms with van der Waals surface area (Å²) >= 11 is 0. The number of aromatic hydroxyl groups is 1. The Morgan fingerprint density at radius 1 is 1.36 bits per heavy atom. The Bertz CT molecular complexity index is 386. The fourth-order valence-corrected chi connectivity index (χ4v) is 1.01. The molecule has 0 aliphatic carbocycles. The average Bonchev–Trinajstić information content (AvgIpc) is 2.07. The zero-order valence-corrected chi connectivity index (χ0v) is 7.44. The second-order valence-corrected chi connectivity index (χ2v) is 2.72. The highest BCUT2D eigenvalue weighted by Gasteiger charge is 2.11. The summed E-state index contributed by atoms with van der Waals surface area (Å²) in [5, 5.41) is 20.1. The van der Waals surface area contributed by atoms with Crippen molar-refractivity contribution in [3.05, 3.63) is 23.8 Å². The van der Waals surface area contributed by atoms with Crippen LogP contribution in [-0.4, -0.2) is 22.1 Å². The van der Waals surface area contributed by atoms with E-state index < -0.39 is 5.97 Å². The molecule has 0 aliphatic heterocycles. The third-order valence-corrected chi connectivity index (χ3v) is 1.54. The van der Waals surface area contributed by atoms with Crippen LogP contribution >= 0.6 is 0 Å². The van der Waals surface area contributed by atoms with Gasteiger partial charge in [-0.05, 0) is 18.2 Å². The van der Waals surface area contributed by atoms with Crippen LogP contribution in [0.2, 0.25) is 0 Å². The lowest BCUT2D eigenvalue weighted by atomic mass is 10.1. The van der Waals surface area contributed by atoms with Crippen LogP contribution in [0.25, 0.3) is 0 Å². The van der Waals surface area contributed by atoms with Gasteiger partial charge in [0.05, 0.1) is 11.3 Å². The van der Waals surface area contributed by atoms with Crippen molar-refractivity contribution in [2.24, 2.45) is 0 Å². The van der Waals surface area contributed by atoms with Gasteiger partial charge in [0.25, 0.3) is 0 Å². The van der Waals surface area contributed by atoms with Gasteiger partial charge in [0, 0.05) is 6.92 Å². The van der Waals surface area contributed by atoms with Gasteiger partial charge >= 0.3 is 5.97 Å².